The maximum Gasteiger partial charge on any atom is 0.317 e. The molecule has 1 aliphatic rings. The second kappa shape index (κ2) is 5.21. The molecule has 0 atom stereocenters. The highest BCUT2D eigenvalue weighted by atomic mass is 16.4. The number of hydrogen-bond acceptors (Lipinski definition) is 3. The summed E-state index contributed by atoms with van der Waals surface area (Å²) in [6.07, 6.45) is 0. The highest BCUT2D eigenvalue weighted by molar-refractivity contribution is 5.82. The molecule has 0 aliphatic carbocycles. The van der Waals surface area contributed by atoms with Crippen LogP contribution in [0.3, 0.4) is 0 Å². The third-order valence-electron chi connectivity index (χ3n) is 4.38. The van der Waals surface area contributed by atoms with Crippen molar-refractivity contribution in [3.63, 3.8) is 0 Å². The molecule has 1 aromatic heterocycles. The highest BCUT2D eigenvalue weighted by Gasteiger charge is 2.22. The molecule has 5 nitrogen and oxygen atoms in total. The summed E-state index contributed by atoms with van der Waals surface area (Å²) in [6.45, 7) is 1.44. The Balaban J connectivity index is 1.76. The van der Waals surface area contributed by atoms with Gasteiger partial charge >= 0.3 is 5.97 Å². The number of aryl methyl sites for hydroxylation is 1. The summed E-state index contributed by atoms with van der Waals surface area (Å²) < 4.78 is 2.10. The minimum Gasteiger partial charge on any atom is -0.480 e. The smallest absolute Gasteiger partial charge is 0.317 e. The number of aliphatic carboxylic acids is 1. The van der Waals surface area contributed by atoms with Crippen LogP contribution in [0, 0.1) is 0 Å². The first-order valence-electron chi connectivity index (χ1n) is 7.59. The van der Waals surface area contributed by atoms with Crippen molar-refractivity contribution in [1.29, 1.82) is 0 Å². The average Bonchev–Trinajstić information content (AvgIpc) is 3.05. The SMILES string of the molecule is Cn1c(-c2ccccc2)nc2cc3c(cc21)CN(CC(=O)O)C3. The first-order chi connectivity index (χ1) is 11.1. The fourth-order valence-electron chi connectivity index (χ4n) is 3.31. The van der Waals surface area contributed by atoms with Gasteiger partial charge in [-0.1, -0.05) is 30.3 Å². The third kappa shape index (κ3) is 2.39. The summed E-state index contributed by atoms with van der Waals surface area (Å²) in [7, 11) is 2.02. The lowest BCUT2D eigenvalue weighted by molar-refractivity contribution is -0.138. The molecule has 2 aromatic carbocycles. The van der Waals surface area contributed by atoms with Gasteiger partial charge in [0, 0.05) is 25.7 Å². The van der Waals surface area contributed by atoms with Crippen LogP contribution < -0.4 is 0 Å². The monoisotopic (exact) mass is 307 g/mol. The zero-order chi connectivity index (χ0) is 16.0. The van der Waals surface area contributed by atoms with Gasteiger partial charge in [-0.05, 0) is 23.3 Å². The number of carbonyl (C=O) groups is 1. The number of hydrogen-bond donors (Lipinski definition) is 1. The molecule has 0 fully saturated rings. The fourth-order valence-corrected chi connectivity index (χ4v) is 3.31. The van der Waals surface area contributed by atoms with E-state index in [1.54, 1.807) is 0 Å². The normalized spacial score (nSPS) is 14.3. The van der Waals surface area contributed by atoms with Gasteiger partial charge in [-0.2, -0.15) is 0 Å². The Morgan fingerprint density at radius 3 is 2.57 bits per heavy atom. The Hall–Kier alpha value is -2.66. The Kier molecular flexibility index (Phi) is 3.16. The van der Waals surface area contributed by atoms with Crippen LogP contribution >= 0.6 is 0 Å². The number of imidazole rings is 1. The van der Waals surface area contributed by atoms with Gasteiger partial charge in [0.25, 0.3) is 0 Å². The molecule has 2 heterocycles. The second-order valence-corrected chi connectivity index (χ2v) is 6.01. The van der Waals surface area contributed by atoms with Gasteiger partial charge in [0.1, 0.15) is 5.82 Å². The Morgan fingerprint density at radius 1 is 1.17 bits per heavy atom. The van der Waals surface area contributed by atoms with E-state index in [-0.39, 0.29) is 6.54 Å². The summed E-state index contributed by atoms with van der Waals surface area (Å²) in [6, 6.07) is 14.4. The lowest BCUT2D eigenvalue weighted by Gasteiger charge is -2.10. The van der Waals surface area contributed by atoms with E-state index in [1.165, 1.54) is 11.1 Å². The van der Waals surface area contributed by atoms with Crippen LogP contribution in [0.15, 0.2) is 42.5 Å². The molecule has 1 aliphatic heterocycles. The van der Waals surface area contributed by atoms with Gasteiger partial charge in [-0.3, -0.25) is 9.69 Å². The van der Waals surface area contributed by atoms with Gasteiger partial charge in [0.05, 0.1) is 17.6 Å². The number of benzene rings is 2. The van der Waals surface area contributed by atoms with Crippen LogP contribution in [-0.2, 0) is 24.9 Å². The van der Waals surface area contributed by atoms with Crippen molar-refractivity contribution in [3.05, 3.63) is 53.6 Å². The molecular weight excluding hydrogens is 290 g/mol. The number of fused-ring (bicyclic) bond motifs is 2. The van der Waals surface area contributed by atoms with Crippen LogP contribution in [0.1, 0.15) is 11.1 Å². The maximum absolute atomic E-state index is 10.9. The molecule has 0 spiro atoms. The number of carboxylic acids is 1. The topological polar surface area (TPSA) is 58.4 Å². The lowest BCUT2D eigenvalue weighted by atomic mass is 10.1. The third-order valence-corrected chi connectivity index (χ3v) is 4.38. The molecule has 116 valence electrons. The van der Waals surface area contributed by atoms with Gasteiger partial charge in [-0.15, -0.1) is 0 Å². The first kappa shape index (κ1) is 14.0. The zero-order valence-corrected chi connectivity index (χ0v) is 12.9. The number of nitrogens with zero attached hydrogens (tertiary/aromatic N) is 3. The fraction of sp³-hybridized carbons (Fsp3) is 0.222. The van der Waals surface area contributed by atoms with Crippen LogP contribution in [0.2, 0.25) is 0 Å². The number of aromatic nitrogens is 2. The predicted octanol–water partition coefficient (Wildman–Crippen LogP) is 2.64. The molecule has 23 heavy (non-hydrogen) atoms. The summed E-state index contributed by atoms with van der Waals surface area (Å²) in [4.78, 5) is 17.6. The molecule has 0 radical (unpaired) electrons. The molecular formula is C18H17N3O2. The standard InChI is InChI=1S/C18H17N3O2/c1-20-16-8-14-10-21(11-17(22)23)9-13(14)7-15(16)19-18(20)12-5-3-2-4-6-12/h2-8H,9-11H2,1H3,(H,22,23). The van der Waals surface area contributed by atoms with Crippen molar-refractivity contribution >= 4 is 17.0 Å². The van der Waals surface area contributed by atoms with Gasteiger partial charge in [0.2, 0.25) is 0 Å². The van der Waals surface area contributed by atoms with Gasteiger partial charge < -0.3 is 9.67 Å². The maximum atomic E-state index is 10.9. The summed E-state index contributed by atoms with van der Waals surface area (Å²) >= 11 is 0. The van der Waals surface area contributed by atoms with Crippen LogP contribution in [0.5, 0.6) is 0 Å². The second-order valence-electron chi connectivity index (χ2n) is 6.01. The van der Waals surface area contributed by atoms with E-state index >= 15 is 0 Å². The molecule has 0 saturated heterocycles. The minimum absolute atomic E-state index is 0.0771. The first-order valence-corrected chi connectivity index (χ1v) is 7.59. The summed E-state index contributed by atoms with van der Waals surface area (Å²) in [5, 5.41) is 8.95. The largest absolute Gasteiger partial charge is 0.480 e. The average molecular weight is 307 g/mol. The van der Waals surface area contributed by atoms with Gasteiger partial charge in [0.15, 0.2) is 0 Å². The van der Waals surface area contributed by atoms with Crippen molar-refractivity contribution in [3.8, 4) is 11.4 Å². The highest BCUT2D eigenvalue weighted by Crippen LogP contribution is 2.30. The number of rotatable bonds is 3. The zero-order valence-electron chi connectivity index (χ0n) is 12.9. The van der Waals surface area contributed by atoms with Crippen molar-refractivity contribution in [2.75, 3.05) is 6.54 Å². The van der Waals surface area contributed by atoms with E-state index in [0.717, 1.165) is 22.4 Å². The van der Waals surface area contributed by atoms with Crippen LogP contribution in [0.25, 0.3) is 22.4 Å². The Bertz CT molecular complexity index is 900. The van der Waals surface area contributed by atoms with Crippen LogP contribution in [0.4, 0.5) is 0 Å². The van der Waals surface area contributed by atoms with Crippen molar-refractivity contribution < 1.29 is 9.90 Å². The van der Waals surface area contributed by atoms with E-state index in [0.29, 0.717) is 13.1 Å². The van der Waals surface area contributed by atoms with E-state index in [1.807, 2.05) is 30.1 Å². The summed E-state index contributed by atoms with van der Waals surface area (Å²) in [5.74, 6) is 0.165. The molecule has 3 aromatic rings. The van der Waals surface area contributed by atoms with Crippen molar-refractivity contribution in [1.82, 2.24) is 14.5 Å². The Labute approximate surface area is 133 Å². The van der Waals surface area contributed by atoms with Crippen molar-refractivity contribution in [2.24, 2.45) is 7.05 Å². The molecule has 4 rings (SSSR count). The number of carboxylic acid groups (broad SMARTS) is 1. The van der Waals surface area contributed by atoms with E-state index in [4.69, 9.17) is 10.1 Å². The minimum atomic E-state index is -0.785. The van der Waals surface area contributed by atoms with Crippen LogP contribution in [-0.4, -0.2) is 32.1 Å². The quantitative estimate of drug-likeness (QED) is 0.808. The van der Waals surface area contributed by atoms with Gasteiger partial charge in [-0.25, -0.2) is 4.98 Å². The molecule has 0 saturated carbocycles. The molecule has 1 N–H and O–H groups in total. The predicted molar refractivity (Wildman–Crippen MR) is 87.9 cm³/mol. The molecule has 0 bridgehead atoms. The lowest BCUT2D eigenvalue weighted by Crippen LogP contribution is -2.24. The molecule has 0 amide bonds. The van der Waals surface area contributed by atoms with Crippen molar-refractivity contribution in [2.45, 2.75) is 13.1 Å². The molecule has 0 unspecified atom stereocenters. The van der Waals surface area contributed by atoms with E-state index in [9.17, 15) is 4.79 Å². The summed E-state index contributed by atoms with van der Waals surface area (Å²) in [5.41, 5.74) is 5.51. The van der Waals surface area contributed by atoms with E-state index in [2.05, 4.69) is 28.8 Å². The Morgan fingerprint density at radius 2 is 1.87 bits per heavy atom. The molecule has 5 heteroatoms. The van der Waals surface area contributed by atoms with E-state index < -0.39 is 5.97 Å².